The number of H-pyrrole nitrogens is 1. The lowest BCUT2D eigenvalue weighted by Gasteiger charge is -2.05. The Balaban J connectivity index is 2.22. The number of fused-ring (bicyclic) bond motifs is 1. The lowest BCUT2D eigenvalue weighted by molar-refractivity contribution is 1.04. The molecule has 0 spiro atoms. The topological polar surface area (TPSA) is 67.6 Å². The van der Waals surface area contributed by atoms with Gasteiger partial charge in [0, 0.05) is 33.7 Å². The monoisotopic (exact) mass is 380 g/mol. The van der Waals surface area contributed by atoms with E-state index in [9.17, 15) is 0 Å². The highest BCUT2D eigenvalue weighted by molar-refractivity contribution is 9.10. The average Bonchev–Trinajstić information content (AvgIpc) is 2.82. The number of aromatic nitrogens is 3. The SMILES string of the molecule is NC(=S)Cc1[nH]nc2c(Br)cc(-c3ncccc3Cl)cc12. The molecule has 2 aromatic heterocycles. The zero-order valence-electron chi connectivity index (χ0n) is 10.7. The number of pyridine rings is 1. The second-order valence-electron chi connectivity index (χ2n) is 4.53. The minimum Gasteiger partial charge on any atom is -0.393 e. The Labute approximate surface area is 139 Å². The van der Waals surface area contributed by atoms with Gasteiger partial charge in [0.2, 0.25) is 0 Å². The van der Waals surface area contributed by atoms with Gasteiger partial charge in [-0.2, -0.15) is 5.10 Å². The van der Waals surface area contributed by atoms with E-state index in [2.05, 4.69) is 31.1 Å². The van der Waals surface area contributed by atoms with Crippen LogP contribution in [0.1, 0.15) is 5.69 Å². The number of halogens is 2. The van der Waals surface area contributed by atoms with Crippen LogP contribution in [0.15, 0.2) is 34.9 Å². The molecule has 0 radical (unpaired) electrons. The van der Waals surface area contributed by atoms with Gasteiger partial charge in [0.1, 0.15) is 5.52 Å². The highest BCUT2D eigenvalue weighted by Crippen LogP contribution is 2.33. The normalized spacial score (nSPS) is 11.0. The summed E-state index contributed by atoms with van der Waals surface area (Å²) in [6.45, 7) is 0. The van der Waals surface area contributed by atoms with Crippen molar-refractivity contribution in [3.63, 3.8) is 0 Å². The molecule has 0 fully saturated rings. The molecule has 3 aromatic rings. The van der Waals surface area contributed by atoms with Crippen molar-refractivity contribution in [3.8, 4) is 11.3 Å². The third-order valence-corrected chi connectivity index (χ3v) is 4.13. The van der Waals surface area contributed by atoms with E-state index in [0.717, 1.165) is 32.3 Å². The van der Waals surface area contributed by atoms with Crippen LogP contribution in [0.5, 0.6) is 0 Å². The maximum Gasteiger partial charge on any atom is 0.107 e. The van der Waals surface area contributed by atoms with Gasteiger partial charge in [-0.1, -0.05) is 23.8 Å². The van der Waals surface area contributed by atoms with Gasteiger partial charge in [-0.3, -0.25) is 10.1 Å². The number of nitrogens with zero attached hydrogens (tertiary/aromatic N) is 2. The molecule has 1 aromatic carbocycles. The fourth-order valence-electron chi connectivity index (χ4n) is 2.17. The lowest BCUT2D eigenvalue weighted by atomic mass is 10.1. The summed E-state index contributed by atoms with van der Waals surface area (Å²) in [6, 6.07) is 7.55. The summed E-state index contributed by atoms with van der Waals surface area (Å²) in [7, 11) is 0. The van der Waals surface area contributed by atoms with Crippen molar-refractivity contribution in [2.75, 3.05) is 0 Å². The summed E-state index contributed by atoms with van der Waals surface area (Å²) >= 11 is 14.7. The molecule has 0 amide bonds. The van der Waals surface area contributed by atoms with Crippen molar-refractivity contribution in [3.05, 3.63) is 45.7 Å². The van der Waals surface area contributed by atoms with Crippen molar-refractivity contribution in [2.24, 2.45) is 5.73 Å². The zero-order chi connectivity index (χ0) is 15.0. The van der Waals surface area contributed by atoms with Crippen molar-refractivity contribution < 1.29 is 0 Å². The molecule has 2 heterocycles. The Kier molecular flexibility index (Phi) is 3.93. The van der Waals surface area contributed by atoms with Crippen LogP contribution in [0.2, 0.25) is 5.02 Å². The Bertz CT molecular complexity index is 846. The molecule has 106 valence electrons. The Morgan fingerprint density at radius 3 is 2.95 bits per heavy atom. The van der Waals surface area contributed by atoms with Crippen LogP contribution in [-0.4, -0.2) is 20.2 Å². The number of benzene rings is 1. The first-order chi connectivity index (χ1) is 10.1. The van der Waals surface area contributed by atoms with E-state index in [1.165, 1.54) is 0 Å². The maximum atomic E-state index is 6.22. The third-order valence-electron chi connectivity index (χ3n) is 3.07. The van der Waals surface area contributed by atoms with Crippen LogP contribution < -0.4 is 5.73 Å². The number of nitrogens with two attached hydrogens (primary N) is 1. The standard InChI is InChI=1S/C14H10BrClN4S/c15-9-5-7(13-10(16)2-1-3-18-13)4-8-11(6-12(17)21)19-20-14(8)9/h1-5H,6H2,(H2,17,21)(H,19,20). The Hall–Kier alpha value is -1.50. The maximum absolute atomic E-state index is 6.22. The minimum absolute atomic E-state index is 0.415. The minimum atomic E-state index is 0.415. The molecule has 3 N–H and O–H groups in total. The number of nitrogens with one attached hydrogen (secondary N) is 1. The molecule has 0 aliphatic carbocycles. The van der Waals surface area contributed by atoms with E-state index in [1.807, 2.05) is 18.2 Å². The number of thiocarbonyl (C=S) groups is 1. The molecular formula is C14H10BrClN4S. The highest BCUT2D eigenvalue weighted by atomic mass is 79.9. The van der Waals surface area contributed by atoms with Crippen LogP contribution >= 0.6 is 39.7 Å². The summed E-state index contributed by atoms with van der Waals surface area (Å²) in [5.41, 5.74) is 8.97. The van der Waals surface area contributed by atoms with E-state index in [0.29, 0.717) is 16.4 Å². The lowest BCUT2D eigenvalue weighted by Crippen LogP contribution is -2.11. The zero-order valence-corrected chi connectivity index (χ0v) is 13.9. The predicted octanol–water partition coefficient (Wildman–Crippen LogP) is 3.87. The highest BCUT2D eigenvalue weighted by Gasteiger charge is 2.13. The van der Waals surface area contributed by atoms with Crippen LogP contribution in [-0.2, 0) is 6.42 Å². The quantitative estimate of drug-likeness (QED) is 0.676. The van der Waals surface area contributed by atoms with Crippen LogP contribution in [0.25, 0.3) is 22.2 Å². The summed E-state index contributed by atoms with van der Waals surface area (Å²) in [4.78, 5) is 4.75. The van der Waals surface area contributed by atoms with Crippen molar-refractivity contribution in [1.82, 2.24) is 15.2 Å². The summed E-state index contributed by atoms with van der Waals surface area (Å²) in [5.74, 6) is 0. The van der Waals surface area contributed by atoms with Gasteiger partial charge < -0.3 is 5.73 Å². The number of aromatic amines is 1. The predicted molar refractivity (Wildman–Crippen MR) is 92.5 cm³/mol. The summed E-state index contributed by atoms with van der Waals surface area (Å²) in [5, 5.41) is 8.82. The fraction of sp³-hybridized carbons (Fsp3) is 0.0714. The van der Waals surface area contributed by atoms with Gasteiger partial charge in [0.05, 0.1) is 15.7 Å². The second kappa shape index (κ2) is 5.71. The second-order valence-corrected chi connectivity index (χ2v) is 6.32. The molecule has 0 unspecified atom stereocenters. The van der Waals surface area contributed by atoms with E-state index in [-0.39, 0.29) is 0 Å². The molecule has 0 aliphatic rings. The van der Waals surface area contributed by atoms with Gasteiger partial charge in [-0.25, -0.2) is 0 Å². The molecule has 21 heavy (non-hydrogen) atoms. The summed E-state index contributed by atoms with van der Waals surface area (Å²) in [6.07, 6.45) is 2.18. The van der Waals surface area contributed by atoms with E-state index in [4.69, 9.17) is 29.6 Å². The van der Waals surface area contributed by atoms with Gasteiger partial charge in [0.25, 0.3) is 0 Å². The average molecular weight is 382 g/mol. The molecule has 3 rings (SSSR count). The van der Waals surface area contributed by atoms with Crippen LogP contribution in [0.3, 0.4) is 0 Å². The molecule has 0 aliphatic heterocycles. The van der Waals surface area contributed by atoms with Crippen LogP contribution in [0, 0.1) is 0 Å². The van der Waals surface area contributed by atoms with Gasteiger partial charge in [-0.05, 0) is 40.2 Å². The molecule has 0 saturated carbocycles. The molecular weight excluding hydrogens is 372 g/mol. The molecule has 4 nitrogen and oxygen atoms in total. The number of hydrogen-bond donors (Lipinski definition) is 2. The van der Waals surface area contributed by atoms with Gasteiger partial charge >= 0.3 is 0 Å². The van der Waals surface area contributed by atoms with Crippen molar-refractivity contribution in [2.45, 2.75) is 6.42 Å². The smallest absolute Gasteiger partial charge is 0.107 e. The number of rotatable bonds is 3. The van der Waals surface area contributed by atoms with E-state index < -0.39 is 0 Å². The van der Waals surface area contributed by atoms with E-state index in [1.54, 1.807) is 12.3 Å². The first-order valence-corrected chi connectivity index (χ1v) is 7.70. The van der Waals surface area contributed by atoms with Crippen molar-refractivity contribution in [1.29, 1.82) is 0 Å². The van der Waals surface area contributed by atoms with Gasteiger partial charge in [0.15, 0.2) is 0 Å². The first kappa shape index (κ1) is 14.4. The van der Waals surface area contributed by atoms with Gasteiger partial charge in [-0.15, -0.1) is 0 Å². The Morgan fingerprint density at radius 2 is 2.24 bits per heavy atom. The first-order valence-electron chi connectivity index (χ1n) is 6.12. The molecule has 0 saturated heterocycles. The summed E-state index contributed by atoms with van der Waals surface area (Å²) < 4.78 is 0.863. The van der Waals surface area contributed by atoms with E-state index >= 15 is 0 Å². The largest absolute Gasteiger partial charge is 0.393 e. The molecule has 0 atom stereocenters. The van der Waals surface area contributed by atoms with Crippen LogP contribution in [0.4, 0.5) is 0 Å². The molecule has 7 heteroatoms. The molecule has 0 bridgehead atoms. The van der Waals surface area contributed by atoms with Crippen molar-refractivity contribution >= 4 is 55.6 Å². The number of hydrogen-bond acceptors (Lipinski definition) is 3. The Morgan fingerprint density at radius 1 is 1.43 bits per heavy atom. The third kappa shape index (κ3) is 2.79. The fourth-order valence-corrected chi connectivity index (χ4v) is 3.09.